The van der Waals surface area contributed by atoms with Crippen molar-refractivity contribution in [3.63, 3.8) is 0 Å². The summed E-state index contributed by atoms with van der Waals surface area (Å²) in [5.74, 6) is -0.243. The van der Waals surface area contributed by atoms with E-state index >= 15 is 0 Å². The number of carbonyl (C=O) groups excluding carboxylic acids is 1. The molecule has 1 atom stereocenters. The summed E-state index contributed by atoms with van der Waals surface area (Å²) in [6.45, 7) is 0. The van der Waals surface area contributed by atoms with Gasteiger partial charge in [0.15, 0.2) is 5.16 Å². The topological polar surface area (TPSA) is 69.9 Å². The molecule has 0 N–H and O–H groups in total. The molecule has 1 aliphatic carbocycles. The van der Waals surface area contributed by atoms with E-state index in [2.05, 4.69) is 15.1 Å². The van der Waals surface area contributed by atoms with Crippen LogP contribution in [0.1, 0.15) is 23.4 Å². The minimum absolute atomic E-state index is 0.243. The van der Waals surface area contributed by atoms with Crippen LogP contribution in [0, 0.1) is 0 Å². The van der Waals surface area contributed by atoms with Gasteiger partial charge in [-0.05, 0) is 37.1 Å². The third kappa shape index (κ3) is 2.29. The van der Waals surface area contributed by atoms with Gasteiger partial charge in [0.25, 0.3) is 0 Å². The number of aromatic nitrogens is 4. The van der Waals surface area contributed by atoms with E-state index in [0.29, 0.717) is 18.0 Å². The Balaban J connectivity index is 2.09. The van der Waals surface area contributed by atoms with Gasteiger partial charge in [-0.25, -0.2) is 9.97 Å². The predicted molar refractivity (Wildman–Crippen MR) is 82.7 cm³/mol. The molecular weight excluding hydrogens is 300 g/mol. The van der Waals surface area contributed by atoms with E-state index in [1.807, 2.05) is 30.2 Å². The smallest absolute Gasteiger partial charge is 0.318 e. The zero-order chi connectivity index (χ0) is 15.7. The lowest BCUT2D eigenvalue weighted by Gasteiger charge is -2.34. The first-order chi connectivity index (χ1) is 10.6. The number of nitrogens with zero attached hydrogens (tertiary/aromatic N) is 4. The van der Waals surface area contributed by atoms with Crippen LogP contribution in [0.5, 0.6) is 0 Å². The number of carbonyl (C=O) groups is 1. The van der Waals surface area contributed by atoms with Crippen LogP contribution in [-0.2, 0) is 34.8 Å². The van der Waals surface area contributed by atoms with Crippen LogP contribution in [0.25, 0.3) is 0 Å². The van der Waals surface area contributed by atoms with Crippen LogP contribution in [0.2, 0.25) is 0 Å². The number of methoxy groups -OCH3 is 1. The summed E-state index contributed by atoms with van der Waals surface area (Å²) in [6, 6.07) is 1.82. The van der Waals surface area contributed by atoms with Gasteiger partial charge in [-0.1, -0.05) is 11.8 Å². The largest absolute Gasteiger partial charge is 0.468 e. The van der Waals surface area contributed by atoms with Gasteiger partial charge in [0.2, 0.25) is 0 Å². The highest BCUT2D eigenvalue weighted by molar-refractivity contribution is 7.98. The minimum atomic E-state index is -0.752. The van der Waals surface area contributed by atoms with Gasteiger partial charge >= 0.3 is 5.97 Å². The Morgan fingerprint density at radius 3 is 3.05 bits per heavy atom. The van der Waals surface area contributed by atoms with Crippen LogP contribution >= 0.6 is 11.8 Å². The molecule has 0 saturated carbocycles. The predicted octanol–water partition coefficient (Wildman–Crippen LogP) is 1.53. The quantitative estimate of drug-likeness (QED) is 0.486. The van der Waals surface area contributed by atoms with Crippen molar-refractivity contribution in [2.45, 2.75) is 29.8 Å². The fourth-order valence-electron chi connectivity index (χ4n) is 3.12. The lowest BCUT2D eigenvalue weighted by molar-refractivity contribution is -0.148. The van der Waals surface area contributed by atoms with Crippen molar-refractivity contribution in [3.05, 3.63) is 35.4 Å². The van der Waals surface area contributed by atoms with E-state index in [1.165, 1.54) is 24.6 Å². The summed E-state index contributed by atoms with van der Waals surface area (Å²) in [5, 5.41) is 4.97. The normalized spacial score (nSPS) is 20.5. The van der Waals surface area contributed by atoms with E-state index in [9.17, 15) is 4.79 Å². The van der Waals surface area contributed by atoms with Crippen molar-refractivity contribution in [2.24, 2.45) is 7.05 Å². The molecule has 7 heteroatoms. The summed E-state index contributed by atoms with van der Waals surface area (Å²) in [6.07, 6.45) is 7.47. The zero-order valence-electron chi connectivity index (χ0n) is 12.9. The first-order valence-corrected chi connectivity index (χ1v) is 8.29. The van der Waals surface area contributed by atoms with Crippen molar-refractivity contribution in [1.29, 1.82) is 0 Å². The summed E-state index contributed by atoms with van der Waals surface area (Å²) < 4.78 is 6.99. The summed E-state index contributed by atoms with van der Waals surface area (Å²) in [7, 11) is 3.36. The average Bonchev–Trinajstić information content (AvgIpc) is 2.94. The molecule has 3 rings (SSSR count). The summed E-state index contributed by atoms with van der Waals surface area (Å²) in [4.78, 5) is 21.3. The monoisotopic (exact) mass is 318 g/mol. The number of fused-ring (bicyclic) bond motifs is 1. The SMILES string of the molecule is COC(=O)C1(c2ccnc(SC)n2)CCc2c(cnn2C)C1. The molecule has 0 bridgehead atoms. The van der Waals surface area contributed by atoms with Crippen molar-refractivity contribution in [1.82, 2.24) is 19.7 Å². The molecule has 2 aromatic heterocycles. The Kier molecular flexibility index (Phi) is 3.90. The molecule has 0 saturated heterocycles. The minimum Gasteiger partial charge on any atom is -0.468 e. The van der Waals surface area contributed by atoms with Gasteiger partial charge in [0, 0.05) is 18.9 Å². The molecule has 6 nitrogen and oxygen atoms in total. The molecule has 22 heavy (non-hydrogen) atoms. The fraction of sp³-hybridized carbons (Fsp3) is 0.467. The lowest BCUT2D eigenvalue weighted by Crippen LogP contribution is -2.43. The fourth-order valence-corrected chi connectivity index (χ4v) is 3.48. The third-order valence-electron chi connectivity index (χ3n) is 4.31. The molecule has 2 aromatic rings. The van der Waals surface area contributed by atoms with Crippen molar-refractivity contribution in [2.75, 3.05) is 13.4 Å². The van der Waals surface area contributed by atoms with Crippen LogP contribution in [-0.4, -0.2) is 39.1 Å². The molecule has 116 valence electrons. The molecule has 0 aromatic carbocycles. The van der Waals surface area contributed by atoms with Crippen LogP contribution in [0.4, 0.5) is 0 Å². The second kappa shape index (κ2) is 5.72. The zero-order valence-corrected chi connectivity index (χ0v) is 13.7. The standard InChI is InChI=1S/C15H18N4O2S/c1-19-11-4-6-15(13(20)21-2,8-10(11)9-17-19)12-5-7-16-14(18-12)22-3/h5,7,9H,4,6,8H2,1-3H3. The molecule has 1 unspecified atom stereocenters. The highest BCUT2D eigenvalue weighted by Crippen LogP contribution is 2.39. The number of hydrogen-bond donors (Lipinski definition) is 0. The molecular formula is C15H18N4O2S. The Morgan fingerprint density at radius 1 is 1.50 bits per heavy atom. The highest BCUT2D eigenvalue weighted by Gasteiger charge is 2.46. The Hall–Kier alpha value is -1.89. The third-order valence-corrected chi connectivity index (χ3v) is 4.87. The summed E-state index contributed by atoms with van der Waals surface area (Å²) >= 11 is 1.46. The highest BCUT2D eigenvalue weighted by atomic mass is 32.2. The Morgan fingerprint density at radius 2 is 2.32 bits per heavy atom. The van der Waals surface area contributed by atoms with Crippen molar-refractivity contribution in [3.8, 4) is 0 Å². The lowest BCUT2D eigenvalue weighted by atomic mass is 9.71. The van der Waals surface area contributed by atoms with Crippen LogP contribution in [0.15, 0.2) is 23.6 Å². The van der Waals surface area contributed by atoms with E-state index in [4.69, 9.17) is 4.74 Å². The van der Waals surface area contributed by atoms with Gasteiger partial charge in [-0.2, -0.15) is 5.10 Å². The van der Waals surface area contributed by atoms with E-state index in [1.54, 1.807) is 6.20 Å². The first kappa shape index (κ1) is 15.0. The maximum Gasteiger partial charge on any atom is 0.318 e. The maximum atomic E-state index is 12.6. The first-order valence-electron chi connectivity index (χ1n) is 7.06. The molecule has 2 heterocycles. The van der Waals surface area contributed by atoms with Crippen LogP contribution in [0.3, 0.4) is 0 Å². The number of hydrogen-bond acceptors (Lipinski definition) is 6. The van der Waals surface area contributed by atoms with E-state index in [-0.39, 0.29) is 5.97 Å². The number of aryl methyl sites for hydroxylation is 1. The number of rotatable bonds is 3. The number of ether oxygens (including phenoxy) is 1. The van der Waals surface area contributed by atoms with Crippen molar-refractivity contribution < 1.29 is 9.53 Å². The molecule has 0 aliphatic heterocycles. The maximum absolute atomic E-state index is 12.6. The molecule has 0 fully saturated rings. The van der Waals surface area contributed by atoms with E-state index < -0.39 is 5.41 Å². The van der Waals surface area contributed by atoms with Gasteiger partial charge in [0.1, 0.15) is 5.41 Å². The molecule has 0 spiro atoms. The Bertz CT molecular complexity index is 715. The van der Waals surface area contributed by atoms with Gasteiger partial charge in [-0.3, -0.25) is 9.48 Å². The average molecular weight is 318 g/mol. The number of esters is 1. The number of thioether (sulfide) groups is 1. The van der Waals surface area contributed by atoms with Gasteiger partial charge in [0.05, 0.1) is 19.0 Å². The Labute approximate surface area is 133 Å². The molecule has 1 aliphatic rings. The second-order valence-corrected chi connectivity index (χ2v) is 6.19. The van der Waals surface area contributed by atoms with E-state index in [0.717, 1.165) is 17.7 Å². The molecule has 0 radical (unpaired) electrons. The summed E-state index contributed by atoms with van der Waals surface area (Å²) in [5.41, 5.74) is 2.24. The van der Waals surface area contributed by atoms with Crippen molar-refractivity contribution >= 4 is 17.7 Å². The van der Waals surface area contributed by atoms with Gasteiger partial charge < -0.3 is 4.74 Å². The second-order valence-electron chi connectivity index (χ2n) is 5.42. The van der Waals surface area contributed by atoms with Gasteiger partial charge in [-0.15, -0.1) is 0 Å². The van der Waals surface area contributed by atoms with Crippen LogP contribution < -0.4 is 0 Å². The molecule has 0 amide bonds.